The number of nitrogens with zero attached hydrogens (tertiary/aromatic N) is 2. The van der Waals surface area contributed by atoms with E-state index in [0.29, 0.717) is 0 Å². The first-order valence-corrected chi connectivity index (χ1v) is 7.35. The van der Waals surface area contributed by atoms with Gasteiger partial charge in [-0.15, -0.1) is 0 Å². The molecule has 0 aliphatic rings. The number of benzene rings is 2. The number of fused-ring (bicyclic) bond motifs is 3. The third-order valence-corrected chi connectivity index (χ3v) is 3.61. The predicted octanol–water partition coefficient (Wildman–Crippen LogP) is 5.09. The molecule has 0 saturated heterocycles. The van der Waals surface area contributed by atoms with Crippen molar-refractivity contribution in [2.24, 2.45) is 0 Å². The van der Waals surface area contributed by atoms with Crippen LogP contribution in [0, 0.1) is 13.8 Å². The smallest absolute Gasteiger partial charge is 0.0781 e. The largest absolute Gasteiger partial charge is 0.264 e. The number of aryl methyl sites for hydroxylation is 2. The Bertz CT molecular complexity index is 820. The fourth-order valence-corrected chi connectivity index (χ4v) is 2.35. The van der Waals surface area contributed by atoms with Crippen LogP contribution in [-0.4, -0.2) is 9.97 Å². The molecule has 0 radical (unpaired) electrons. The molecule has 0 amide bonds. The maximum atomic E-state index is 4.38. The van der Waals surface area contributed by atoms with Gasteiger partial charge in [-0.05, 0) is 26.0 Å². The summed E-state index contributed by atoms with van der Waals surface area (Å²) in [4.78, 5) is 8.47. The van der Waals surface area contributed by atoms with Gasteiger partial charge in [0.2, 0.25) is 0 Å². The summed E-state index contributed by atoms with van der Waals surface area (Å²) in [6, 6.07) is 18.7. The molecule has 0 saturated carbocycles. The van der Waals surface area contributed by atoms with Gasteiger partial charge >= 0.3 is 0 Å². The molecule has 0 unspecified atom stereocenters. The van der Waals surface area contributed by atoms with Gasteiger partial charge in [0, 0.05) is 34.7 Å². The molecule has 0 bridgehead atoms. The fourth-order valence-electron chi connectivity index (χ4n) is 2.35. The summed E-state index contributed by atoms with van der Waals surface area (Å²) in [5, 5.41) is 3.48. The monoisotopic (exact) mass is 286 g/mol. The van der Waals surface area contributed by atoms with Gasteiger partial charge in [0.1, 0.15) is 0 Å². The fraction of sp³-hybridized carbons (Fsp3) is 0.100. The van der Waals surface area contributed by atoms with Crippen molar-refractivity contribution in [2.45, 2.75) is 13.8 Å². The van der Waals surface area contributed by atoms with Gasteiger partial charge in [-0.1, -0.05) is 53.6 Å². The van der Waals surface area contributed by atoms with Gasteiger partial charge in [-0.3, -0.25) is 9.97 Å². The van der Waals surface area contributed by atoms with Crippen molar-refractivity contribution >= 4 is 21.7 Å². The van der Waals surface area contributed by atoms with Crippen LogP contribution in [0.25, 0.3) is 21.7 Å². The topological polar surface area (TPSA) is 25.8 Å². The number of hydrogen-bond donors (Lipinski definition) is 0. The first-order valence-electron chi connectivity index (χ1n) is 7.35. The third kappa shape index (κ3) is 3.12. The van der Waals surface area contributed by atoms with Gasteiger partial charge < -0.3 is 0 Å². The number of pyridine rings is 2. The SMILES string of the molecule is Cc1ccc(C)cc1.c1cnc2c(c1)ccc1cnccc12. The van der Waals surface area contributed by atoms with E-state index in [0.717, 1.165) is 16.3 Å². The molecule has 108 valence electrons. The second kappa shape index (κ2) is 6.35. The third-order valence-electron chi connectivity index (χ3n) is 3.61. The average Bonchev–Trinajstić information content (AvgIpc) is 2.58. The predicted molar refractivity (Wildman–Crippen MR) is 93.0 cm³/mol. The Morgan fingerprint density at radius 3 is 2.09 bits per heavy atom. The van der Waals surface area contributed by atoms with E-state index in [1.54, 1.807) is 6.20 Å². The molecule has 4 aromatic rings. The summed E-state index contributed by atoms with van der Waals surface area (Å²) in [7, 11) is 0. The molecule has 0 spiro atoms. The molecule has 2 aromatic carbocycles. The maximum absolute atomic E-state index is 4.38. The zero-order valence-electron chi connectivity index (χ0n) is 12.8. The van der Waals surface area contributed by atoms with Crippen molar-refractivity contribution in [2.75, 3.05) is 0 Å². The van der Waals surface area contributed by atoms with Crippen molar-refractivity contribution in [3.8, 4) is 0 Å². The van der Waals surface area contributed by atoms with Crippen molar-refractivity contribution < 1.29 is 0 Å². The van der Waals surface area contributed by atoms with E-state index in [2.05, 4.69) is 66.3 Å². The summed E-state index contributed by atoms with van der Waals surface area (Å²) < 4.78 is 0. The van der Waals surface area contributed by atoms with Crippen LogP contribution in [0.1, 0.15) is 11.1 Å². The van der Waals surface area contributed by atoms with E-state index in [9.17, 15) is 0 Å². The van der Waals surface area contributed by atoms with Crippen molar-refractivity contribution in [3.05, 3.63) is 84.3 Å². The van der Waals surface area contributed by atoms with Crippen LogP contribution < -0.4 is 0 Å². The van der Waals surface area contributed by atoms with E-state index >= 15 is 0 Å². The zero-order valence-corrected chi connectivity index (χ0v) is 12.8. The van der Waals surface area contributed by atoms with E-state index in [-0.39, 0.29) is 0 Å². The summed E-state index contributed by atoms with van der Waals surface area (Å²) in [5.41, 5.74) is 3.71. The quantitative estimate of drug-likeness (QED) is 0.421. The number of aromatic nitrogens is 2. The second-order valence-electron chi connectivity index (χ2n) is 5.39. The minimum absolute atomic E-state index is 1.05. The Labute approximate surface area is 130 Å². The summed E-state index contributed by atoms with van der Waals surface area (Å²) in [6.45, 7) is 4.19. The molecule has 4 rings (SSSR count). The Kier molecular flexibility index (Phi) is 4.10. The van der Waals surface area contributed by atoms with Crippen LogP contribution in [0.4, 0.5) is 0 Å². The Morgan fingerprint density at radius 2 is 1.36 bits per heavy atom. The molecule has 2 nitrogen and oxygen atoms in total. The summed E-state index contributed by atoms with van der Waals surface area (Å²) >= 11 is 0. The molecular formula is C20H18N2. The minimum atomic E-state index is 1.05. The Hall–Kier alpha value is -2.74. The molecule has 0 aliphatic carbocycles. The molecule has 0 N–H and O–H groups in total. The van der Waals surface area contributed by atoms with Crippen LogP contribution >= 0.6 is 0 Å². The van der Waals surface area contributed by atoms with Crippen LogP contribution in [-0.2, 0) is 0 Å². The van der Waals surface area contributed by atoms with Crippen LogP contribution in [0.5, 0.6) is 0 Å². The minimum Gasteiger partial charge on any atom is -0.264 e. The van der Waals surface area contributed by atoms with Gasteiger partial charge in [-0.25, -0.2) is 0 Å². The normalized spacial score (nSPS) is 10.3. The van der Waals surface area contributed by atoms with Crippen LogP contribution in [0.15, 0.2) is 73.2 Å². The highest BCUT2D eigenvalue weighted by atomic mass is 14.7. The highest BCUT2D eigenvalue weighted by molar-refractivity contribution is 6.04. The van der Waals surface area contributed by atoms with E-state index < -0.39 is 0 Å². The molecule has 2 heterocycles. The van der Waals surface area contributed by atoms with E-state index in [4.69, 9.17) is 0 Å². The Morgan fingerprint density at radius 1 is 0.682 bits per heavy atom. The van der Waals surface area contributed by atoms with E-state index in [1.165, 1.54) is 16.5 Å². The standard InChI is InChI=1S/C12H8N2.C8H10/c1-2-9-3-4-10-8-13-7-5-11(10)12(9)14-6-1;1-7-3-5-8(2)6-4-7/h1-8H;3-6H,1-2H3. The highest BCUT2D eigenvalue weighted by Crippen LogP contribution is 2.21. The molecule has 0 aliphatic heterocycles. The summed E-state index contributed by atoms with van der Waals surface area (Å²) in [6.07, 6.45) is 5.49. The number of rotatable bonds is 0. The molecular weight excluding hydrogens is 268 g/mol. The van der Waals surface area contributed by atoms with Crippen LogP contribution in [0.2, 0.25) is 0 Å². The van der Waals surface area contributed by atoms with Gasteiger partial charge in [0.05, 0.1) is 5.52 Å². The molecule has 2 aromatic heterocycles. The van der Waals surface area contributed by atoms with E-state index in [1.807, 2.05) is 24.5 Å². The number of hydrogen-bond acceptors (Lipinski definition) is 2. The van der Waals surface area contributed by atoms with Gasteiger partial charge in [0.15, 0.2) is 0 Å². The molecule has 0 atom stereocenters. The maximum Gasteiger partial charge on any atom is 0.0781 e. The lowest BCUT2D eigenvalue weighted by atomic mass is 10.1. The highest BCUT2D eigenvalue weighted by Gasteiger charge is 1.99. The first kappa shape index (κ1) is 14.2. The Balaban J connectivity index is 0.000000154. The van der Waals surface area contributed by atoms with Gasteiger partial charge in [0.25, 0.3) is 0 Å². The van der Waals surface area contributed by atoms with Crippen molar-refractivity contribution in [3.63, 3.8) is 0 Å². The average molecular weight is 286 g/mol. The van der Waals surface area contributed by atoms with Crippen molar-refractivity contribution in [1.29, 1.82) is 0 Å². The zero-order chi connectivity index (χ0) is 15.4. The van der Waals surface area contributed by atoms with Crippen LogP contribution in [0.3, 0.4) is 0 Å². The lowest BCUT2D eigenvalue weighted by Gasteiger charge is -2.00. The first-order chi connectivity index (χ1) is 10.7. The van der Waals surface area contributed by atoms with Gasteiger partial charge in [-0.2, -0.15) is 0 Å². The second-order valence-corrected chi connectivity index (χ2v) is 5.39. The summed E-state index contributed by atoms with van der Waals surface area (Å²) in [5.74, 6) is 0. The lowest BCUT2D eigenvalue weighted by Crippen LogP contribution is -1.81. The lowest BCUT2D eigenvalue weighted by molar-refractivity contribution is 1.36. The molecule has 22 heavy (non-hydrogen) atoms. The molecule has 0 fully saturated rings. The molecule has 2 heteroatoms. The van der Waals surface area contributed by atoms with Crippen molar-refractivity contribution in [1.82, 2.24) is 9.97 Å².